The summed E-state index contributed by atoms with van der Waals surface area (Å²) in [6.07, 6.45) is -0.308. The summed E-state index contributed by atoms with van der Waals surface area (Å²) in [5, 5.41) is 2.66. The van der Waals surface area contributed by atoms with Gasteiger partial charge in [-0.15, -0.1) is 0 Å². The highest BCUT2D eigenvalue weighted by Gasteiger charge is 2.21. The number of aryl methyl sites for hydroxylation is 1. The minimum atomic E-state index is -0.632. The Labute approximate surface area is 151 Å². The second-order valence-electron chi connectivity index (χ2n) is 5.91. The van der Waals surface area contributed by atoms with Crippen LogP contribution in [0.1, 0.15) is 15.9 Å². The molecule has 1 aliphatic rings. The number of anilines is 1. The number of hydrogen-bond acceptors (Lipinski definition) is 6. The number of esters is 1. The van der Waals surface area contributed by atoms with Gasteiger partial charge in [-0.25, -0.2) is 4.79 Å². The van der Waals surface area contributed by atoms with Crippen LogP contribution in [0.25, 0.3) is 0 Å². The van der Waals surface area contributed by atoms with Crippen molar-refractivity contribution in [2.24, 2.45) is 0 Å². The molecule has 0 spiro atoms. The van der Waals surface area contributed by atoms with Crippen LogP contribution >= 0.6 is 0 Å². The van der Waals surface area contributed by atoms with E-state index in [0.717, 1.165) is 5.56 Å². The highest BCUT2D eigenvalue weighted by Crippen LogP contribution is 2.30. The third-order valence-electron chi connectivity index (χ3n) is 3.97. The molecule has 2 aromatic rings. The molecule has 136 valence electrons. The van der Waals surface area contributed by atoms with E-state index in [-0.39, 0.29) is 18.2 Å². The number of ether oxygens (including phenoxy) is 3. The summed E-state index contributed by atoms with van der Waals surface area (Å²) in [4.78, 5) is 23.9. The number of nitrogen functional groups attached to an aromatic ring is 1. The van der Waals surface area contributed by atoms with Crippen molar-refractivity contribution in [2.45, 2.75) is 13.0 Å². The Bertz CT molecular complexity index is 821. The Morgan fingerprint density at radius 1 is 1.19 bits per heavy atom. The molecule has 0 radical (unpaired) electrons. The molecule has 7 heteroatoms. The van der Waals surface area contributed by atoms with E-state index in [1.165, 1.54) is 0 Å². The van der Waals surface area contributed by atoms with Gasteiger partial charge < -0.3 is 25.3 Å². The maximum atomic E-state index is 12.0. The third-order valence-corrected chi connectivity index (χ3v) is 3.97. The average molecular weight is 356 g/mol. The molecule has 1 atom stereocenters. The number of nitrogens with two attached hydrogens (primary N) is 1. The van der Waals surface area contributed by atoms with Gasteiger partial charge in [-0.2, -0.15) is 0 Å². The Kier molecular flexibility index (Phi) is 5.26. The van der Waals surface area contributed by atoms with Gasteiger partial charge in [-0.1, -0.05) is 24.3 Å². The van der Waals surface area contributed by atoms with Gasteiger partial charge in [0.2, 0.25) is 0 Å². The first-order chi connectivity index (χ1) is 12.5. The summed E-state index contributed by atoms with van der Waals surface area (Å²) in [5.41, 5.74) is 7.23. The highest BCUT2D eigenvalue weighted by atomic mass is 16.6. The van der Waals surface area contributed by atoms with E-state index in [9.17, 15) is 9.59 Å². The highest BCUT2D eigenvalue weighted by molar-refractivity contribution is 5.96. The van der Waals surface area contributed by atoms with Crippen LogP contribution < -0.4 is 20.5 Å². The number of benzene rings is 2. The van der Waals surface area contributed by atoms with E-state index in [4.69, 9.17) is 19.9 Å². The minimum absolute atomic E-state index is 0.247. The zero-order valence-electron chi connectivity index (χ0n) is 14.4. The summed E-state index contributed by atoms with van der Waals surface area (Å²) in [7, 11) is 0. The molecule has 0 saturated heterocycles. The van der Waals surface area contributed by atoms with Gasteiger partial charge in [0, 0.05) is 5.69 Å². The quantitative estimate of drug-likeness (QED) is 0.625. The standard InChI is InChI=1S/C19H20N2O5/c1-12-5-4-6-14(18(12)20)19(23)25-11-17(22)21-9-13-10-24-15-7-2-3-8-16(15)26-13/h2-8,13H,9-11,20H2,1H3,(H,21,22)/t13-/m0/s1. The second kappa shape index (κ2) is 7.77. The molecule has 0 saturated carbocycles. The molecule has 0 bridgehead atoms. The smallest absolute Gasteiger partial charge is 0.340 e. The van der Waals surface area contributed by atoms with E-state index in [1.54, 1.807) is 31.2 Å². The Hall–Kier alpha value is -3.22. The number of fused-ring (bicyclic) bond motifs is 1. The number of carbonyl (C=O) groups excluding carboxylic acids is 2. The fourth-order valence-corrected chi connectivity index (χ4v) is 2.51. The lowest BCUT2D eigenvalue weighted by Crippen LogP contribution is -2.42. The zero-order valence-corrected chi connectivity index (χ0v) is 14.4. The molecule has 7 nitrogen and oxygen atoms in total. The third kappa shape index (κ3) is 4.05. The fourth-order valence-electron chi connectivity index (χ4n) is 2.51. The SMILES string of the molecule is Cc1cccc(C(=O)OCC(=O)NC[C@H]2COc3ccccc3O2)c1N. The molecular formula is C19H20N2O5. The van der Waals surface area contributed by atoms with Crippen LogP contribution in [0.5, 0.6) is 11.5 Å². The molecule has 0 aliphatic carbocycles. The number of nitrogens with one attached hydrogen (secondary N) is 1. The summed E-state index contributed by atoms with van der Waals surface area (Å²) in [6.45, 7) is 1.98. The first kappa shape index (κ1) is 17.6. The van der Waals surface area contributed by atoms with Crippen LogP contribution in [0.15, 0.2) is 42.5 Å². The lowest BCUT2D eigenvalue weighted by molar-refractivity contribution is -0.124. The van der Waals surface area contributed by atoms with Crippen LogP contribution in [0.4, 0.5) is 5.69 Å². The minimum Gasteiger partial charge on any atom is -0.486 e. The molecule has 1 aliphatic heterocycles. The molecule has 2 aromatic carbocycles. The number of amides is 1. The normalized spacial score (nSPS) is 15.2. The largest absolute Gasteiger partial charge is 0.486 e. The molecule has 0 unspecified atom stereocenters. The Morgan fingerprint density at radius 3 is 2.77 bits per heavy atom. The number of rotatable bonds is 5. The number of carbonyl (C=O) groups is 2. The topological polar surface area (TPSA) is 99.9 Å². The van der Waals surface area contributed by atoms with Gasteiger partial charge in [-0.05, 0) is 30.7 Å². The van der Waals surface area contributed by atoms with Gasteiger partial charge in [0.05, 0.1) is 12.1 Å². The van der Waals surface area contributed by atoms with Gasteiger partial charge in [-0.3, -0.25) is 4.79 Å². The van der Waals surface area contributed by atoms with Crippen molar-refractivity contribution in [3.05, 3.63) is 53.6 Å². The van der Waals surface area contributed by atoms with Gasteiger partial charge in [0.25, 0.3) is 5.91 Å². The van der Waals surface area contributed by atoms with Crippen LogP contribution in [-0.2, 0) is 9.53 Å². The van der Waals surface area contributed by atoms with Crippen molar-refractivity contribution in [1.82, 2.24) is 5.32 Å². The Balaban J connectivity index is 1.45. The van der Waals surface area contributed by atoms with Crippen molar-refractivity contribution >= 4 is 17.6 Å². The molecule has 1 amide bonds. The molecule has 26 heavy (non-hydrogen) atoms. The summed E-state index contributed by atoms with van der Waals surface area (Å²) in [6, 6.07) is 12.4. The molecular weight excluding hydrogens is 336 g/mol. The maximum absolute atomic E-state index is 12.0. The first-order valence-electron chi connectivity index (χ1n) is 8.22. The summed E-state index contributed by atoms with van der Waals surface area (Å²) < 4.78 is 16.3. The predicted molar refractivity (Wildman–Crippen MR) is 95.2 cm³/mol. The van der Waals surface area contributed by atoms with E-state index in [0.29, 0.717) is 23.8 Å². The molecule has 3 N–H and O–H groups in total. The van der Waals surface area contributed by atoms with Gasteiger partial charge in [0.1, 0.15) is 12.7 Å². The van der Waals surface area contributed by atoms with Crippen molar-refractivity contribution in [2.75, 3.05) is 25.5 Å². The maximum Gasteiger partial charge on any atom is 0.340 e. The second-order valence-corrected chi connectivity index (χ2v) is 5.91. The fraction of sp³-hybridized carbons (Fsp3) is 0.263. The lowest BCUT2D eigenvalue weighted by atomic mass is 10.1. The van der Waals surface area contributed by atoms with Gasteiger partial charge in [0.15, 0.2) is 18.1 Å². The summed E-state index contributed by atoms with van der Waals surface area (Å²) >= 11 is 0. The zero-order chi connectivity index (χ0) is 18.5. The lowest BCUT2D eigenvalue weighted by Gasteiger charge is -2.26. The Morgan fingerprint density at radius 2 is 1.96 bits per heavy atom. The monoisotopic (exact) mass is 356 g/mol. The van der Waals surface area contributed by atoms with Crippen molar-refractivity contribution in [3.8, 4) is 11.5 Å². The van der Waals surface area contributed by atoms with Crippen molar-refractivity contribution in [3.63, 3.8) is 0 Å². The molecule has 0 fully saturated rings. The predicted octanol–water partition coefficient (Wildman–Crippen LogP) is 1.69. The van der Waals surface area contributed by atoms with Gasteiger partial charge >= 0.3 is 5.97 Å². The van der Waals surface area contributed by atoms with Crippen molar-refractivity contribution in [1.29, 1.82) is 0 Å². The van der Waals surface area contributed by atoms with E-state index in [1.807, 2.05) is 18.2 Å². The van der Waals surface area contributed by atoms with Crippen molar-refractivity contribution < 1.29 is 23.8 Å². The van der Waals surface area contributed by atoms with E-state index in [2.05, 4.69) is 5.32 Å². The van der Waals surface area contributed by atoms with Crippen LogP contribution in [-0.4, -0.2) is 37.7 Å². The van der Waals surface area contributed by atoms with E-state index >= 15 is 0 Å². The first-order valence-corrected chi connectivity index (χ1v) is 8.22. The molecule has 0 aromatic heterocycles. The number of para-hydroxylation sites is 3. The average Bonchev–Trinajstić information content (AvgIpc) is 2.66. The number of hydrogen-bond donors (Lipinski definition) is 2. The molecule has 1 heterocycles. The molecule has 3 rings (SSSR count). The van der Waals surface area contributed by atoms with Crippen LogP contribution in [0, 0.1) is 6.92 Å². The van der Waals surface area contributed by atoms with Crippen LogP contribution in [0.3, 0.4) is 0 Å². The van der Waals surface area contributed by atoms with E-state index < -0.39 is 18.5 Å². The van der Waals surface area contributed by atoms with Crippen LogP contribution in [0.2, 0.25) is 0 Å². The summed E-state index contributed by atoms with van der Waals surface area (Å²) in [5.74, 6) is 0.263.